The second-order valence-electron chi connectivity index (χ2n) is 5.09. The predicted molar refractivity (Wildman–Crippen MR) is 68.3 cm³/mol. The van der Waals surface area contributed by atoms with E-state index in [4.69, 9.17) is 5.73 Å². The molecule has 2 atom stereocenters. The number of carbonyl (C=O) groups excluding carboxylic acids is 1. The zero-order chi connectivity index (χ0) is 12.3. The first kappa shape index (κ1) is 13.2. The molecule has 0 radical (unpaired) electrons. The zero-order valence-electron chi connectivity index (χ0n) is 10.3. The summed E-state index contributed by atoms with van der Waals surface area (Å²) in [7, 11) is 0. The maximum Gasteiger partial charge on any atom is 0.237 e. The Morgan fingerprint density at radius 2 is 2.12 bits per heavy atom. The van der Waals surface area contributed by atoms with E-state index in [2.05, 4.69) is 5.32 Å². The van der Waals surface area contributed by atoms with Gasteiger partial charge in [-0.2, -0.15) is 0 Å². The Balaban J connectivity index is 2.59. The van der Waals surface area contributed by atoms with Crippen LogP contribution in [0.2, 0.25) is 0 Å². The molecule has 0 bridgehead atoms. The largest absolute Gasteiger partial charge is 0.347 e. The molecule has 3 nitrogen and oxygen atoms in total. The minimum atomic E-state index is -0.477. The van der Waals surface area contributed by atoms with E-state index in [1.54, 1.807) is 11.3 Å². The molecule has 0 aliphatic rings. The van der Waals surface area contributed by atoms with Gasteiger partial charge in [0.25, 0.3) is 0 Å². The lowest BCUT2D eigenvalue weighted by atomic mass is 9.87. The lowest BCUT2D eigenvalue weighted by Crippen LogP contribution is -2.49. The molecular weight excluding hydrogens is 220 g/mol. The van der Waals surface area contributed by atoms with Crippen LogP contribution in [0, 0.1) is 5.41 Å². The van der Waals surface area contributed by atoms with Crippen molar-refractivity contribution in [2.75, 3.05) is 0 Å². The minimum Gasteiger partial charge on any atom is -0.347 e. The molecule has 0 aliphatic heterocycles. The summed E-state index contributed by atoms with van der Waals surface area (Å²) in [6.45, 7) is 7.87. The van der Waals surface area contributed by atoms with Gasteiger partial charge in [-0.1, -0.05) is 26.8 Å². The molecule has 1 amide bonds. The highest BCUT2D eigenvalue weighted by atomic mass is 32.1. The van der Waals surface area contributed by atoms with Crippen LogP contribution in [0.3, 0.4) is 0 Å². The van der Waals surface area contributed by atoms with Crippen molar-refractivity contribution in [1.29, 1.82) is 0 Å². The number of nitrogens with two attached hydrogens (primary N) is 1. The molecule has 1 aromatic heterocycles. The average molecular weight is 240 g/mol. The Labute approximate surface area is 101 Å². The van der Waals surface area contributed by atoms with Gasteiger partial charge in [0, 0.05) is 4.88 Å². The van der Waals surface area contributed by atoms with Crippen molar-refractivity contribution in [1.82, 2.24) is 5.32 Å². The number of rotatable bonds is 3. The third-order valence-corrected chi connectivity index (χ3v) is 3.60. The van der Waals surface area contributed by atoms with Crippen molar-refractivity contribution in [3.63, 3.8) is 0 Å². The van der Waals surface area contributed by atoms with E-state index in [1.807, 2.05) is 45.2 Å². The maximum absolute atomic E-state index is 11.9. The van der Waals surface area contributed by atoms with Gasteiger partial charge in [0.05, 0.1) is 12.1 Å². The Bertz CT molecular complexity index is 340. The van der Waals surface area contributed by atoms with Crippen LogP contribution in [0.1, 0.15) is 38.6 Å². The van der Waals surface area contributed by atoms with Gasteiger partial charge in [0.1, 0.15) is 0 Å². The lowest BCUT2D eigenvalue weighted by molar-refractivity contribution is -0.125. The molecule has 0 saturated carbocycles. The van der Waals surface area contributed by atoms with Gasteiger partial charge >= 0.3 is 0 Å². The molecule has 1 heterocycles. The highest BCUT2D eigenvalue weighted by Gasteiger charge is 2.28. The number of amides is 1. The van der Waals surface area contributed by atoms with Crippen LogP contribution in [0.25, 0.3) is 0 Å². The summed E-state index contributed by atoms with van der Waals surface area (Å²) < 4.78 is 0. The Kier molecular flexibility index (Phi) is 4.10. The highest BCUT2D eigenvalue weighted by molar-refractivity contribution is 7.10. The SMILES string of the molecule is C[C@@H](NC(=O)[C@@H](N)C(C)(C)C)c1cccs1. The Morgan fingerprint density at radius 3 is 2.56 bits per heavy atom. The van der Waals surface area contributed by atoms with Crippen LogP contribution in [0.5, 0.6) is 0 Å². The topological polar surface area (TPSA) is 55.1 Å². The lowest BCUT2D eigenvalue weighted by Gasteiger charge is -2.27. The Morgan fingerprint density at radius 1 is 1.50 bits per heavy atom. The first-order chi connectivity index (χ1) is 7.32. The van der Waals surface area contributed by atoms with Gasteiger partial charge in [-0.3, -0.25) is 4.79 Å². The summed E-state index contributed by atoms with van der Waals surface area (Å²) in [5, 5.41) is 4.94. The van der Waals surface area contributed by atoms with Crippen LogP contribution < -0.4 is 11.1 Å². The molecule has 0 aromatic carbocycles. The van der Waals surface area contributed by atoms with E-state index >= 15 is 0 Å². The number of nitrogens with one attached hydrogen (secondary N) is 1. The fraction of sp³-hybridized carbons (Fsp3) is 0.583. The molecule has 4 heteroatoms. The smallest absolute Gasteiger partial charge is 0.237 e. The van der Waals surface area contributed by atoms with Crippen LogP contribution in [-0.2, 0) is 4.79 Å². The van der Waals surface area contributed by atoms with Gasteiger partial charge in [0.2, 0.25) is 5.91 Å². The van der Waals surface area contributed by atoms with Crippen molar-refractivity contribution in [2.45, 2.75) is 39.8 Å². The van der Waals surface area contributed by atoms with Crippen molar-refractivity contribution >= 4 is 17.2 Å². The van der Waals surface area contributed by atoms with Crippen LogP contribution >= 0.6 is 11.3 Å². The van der Waals surface area contributed by atoms with Gasteiger partial charge in [-0.25, -0.2) is 0 Å². The number of hydrogen-bond acceptors (Lipinski definition) is 3. The quantitative estimate of drug-likeness (QED) is 0.851. The van der Waals surface area contributed by atoms with Crippen molar-refractivity contribution < 1.29 is 4.79 Å². The standard InChI is InChI=1S/C12H20N2OS/c1-8(9-6-5-7-16-9)14-11(15)10(13)12(2,3)4/h5-8,10H,13H2,1-4H3,(H,14,15)/t8-,10-/m1/s1. The fourth-order valence-corrected chi connectivity index (χ4v) is 2.04. The molecule has 1 aromatic rings. The van der Waals surface area contributed by atoms with Crippen LogP contribution in [0.4, 0.5) is 0 Å². The van der Waals surface area contributed by atoms with E-state index in [1.165, 1.54) is 0 Å². The molecule has 0 aliphatic carbocycles. The van der Waals surface area contributed by atoms with Crippen molar-refractivity contribution in [3.8, 4) is 0 Å². The summed E-state index contributed by atoms with van der Waals surface area (Å²) in [4.78, 5) is 13.0. The van der Waals surface area contributed by atoms with Gasteiger partial charge in [-0.15, -0.1) is 11.3 Å². The van der Waals surface area contributed by atoms with Gasteiger partial charge in [0.15, 0.2) is 0 Å². The molecule has 0 unspecified atom stereocenters. The molecule has 1 rings (SSSR count). The number of thiophene rings is 1. The zero-order valence-corrected chi connectivity index (χ0v) is 11.1. The molecule has 0 fully saturated rings. The third kappa shape index (κ3) is 3.32. The number of carbonyl (C=O) groups is 1. The van der Waals surface area contributed by atoms with E-state index < -0.39 is 6.04 Å². The van der Waals surface area contributed by atoms with E-state index in [-0.39, 0.29) is 17.4 Å². The highest BCUT2D eigenvalue weighted by Crippen LogP contribution is 2.21. The second-order valence-corrected chi connectivity index (χ2v) is 6.07. The predicted octanol–water partition coefficient (Wildman–Crippen LogP) is 2.30. The maximum atomic E-state index is 11.9. The van der Waals surface area contributed by atoms with Crippen molar-refractivity contribution in [2.24, 2.45) is 11.1 Å². The Hall–Kier alpha value is -0.870. The molecule has 3 N–H and O–H groups in total. The molecule has 0 spiro atoms. The van der Waals surface area contributed by atoms with E-state index in [0.717, 1.165) is 4.88 Å². The molecular formula is C12H20N2OS. The molecule has 0 saturated heterocycles. The number of hydrogen-bond donors (Lipinski definition) is 2. The van der Waals surface area contributed by atoms with Crippen LogP contribution in [-0.4, -0.2) is 11.9 Å². The summed E-state index contributed by atoms with van der Waals surface area (Å²) in [5.41, 5.74) is 5.68. The summed E-state index contributed by atoms with van der Waals surface area (Å²) in [5.74, 6) is -0.0894. The van der Waals surface area contributed by atoms with Crippen molar-refractivity contribution in [3.05, 3.63) is 22.4 Å². The first-order valence-corrected chi connectivity index (χ1v) is 6.29. The summed E-state index contributed by atoms with van der Waals surface area (Å²) in [6, 6.07) is 3.54. The molecule has 90 valence electrons. The van der Waals surface area contributed by atoms with E-state index in [0.29, 0.717) is 0 Å². The van der Waals surface area contributed by atoms with Gasteiger partial charge < -0.3 is 11.1 Å². The normalized spacial score (nSPS) is 15.6. The first-order valence-electron chi connectivity index (χ1n) is 5.41. The third-order valence-electron chi connectivity index (χ3n) is 2.54. The molecule has 16 heavy (non-hydrogen) atoms. The fourth-order valence-electron chi connectivity index (χ4n) is 1.31. The van der Waals surface area contributed by atoms with Gasteiger partial charge in [-0.05, 0) is 23.8 Å². The second kappa shape index (κ2) is 4.97. The minimum absolute atomic E-state index is 0.0286. The monoisotopic (exact) mass is 240 g/mol. The summed E-state index contributed by atoms with van der Waals surface area (Å²) >= 11 is 1.64. The van der Waals surface area contributed by atoms with Crippen LogP contribution in [0.15, 0.2) is 17.5 Å². The summed E-state index contributed by atoms with van der Waals surface area (Å²) in [6.07, 6.45) is 0. The average Bonchev–Trinajstić information content (AvgIpc) is 2.67. The van der Waals surface area contributed by atoms with E-state index in [9.17, 15) is 4.79 Å².